The normalized spacial score (nSPS) is 17.5. The van der Waals surface area contributed by atoms with Gasteiger partial charge in [0.1, 0.15) is 23.7 Å². The number of ether oxygens (including phenoxy) is 1. The molecule has 1 saturated heterocycles. The molecule has 2 aromatic heterocycles. The highest BCUT2D eigenvalue weighted by molar-refractivity contribution is 6.09. The summed E-state index contributed by atoms with van der Waals surface area (Å²) in [6.45, 7) is 9.97. The van der Waals surface area contributed by atoms with Crippen LogP contribution in [0.1, 0.15) is 39.2 Å². The molecule has 2 aliphatic rings. The number of benzene rings is 3. The van der Waals surface area contributed by atoms with Crippen LogP contribution in [0.3, 0.4) is 0 Å². The summed E-state index contributed by atoms with van der Waals surface area (Å²) in [7, 11) is 0. The number of hydrogen-bond acceptors (Lipinski definition) is 3. The zero-order valence-electron chi connectivity index (χ0n) is 22.9. The van der Waals surface area contributed by atoms with E-state index in [4.69, 9.17) is 9.72 Å². The minimum Gasteiger partial charge on any atom is -0.459 e. The molecule has 7 rings (SSSR count). The van der Waals surface area contributed by atoms with E-state index in [0.29, 0.717) is 5.92 Å². The van der Waals surface area contributed by atoms with Crippen molar-refractivity contribution in [3.8, 4) is 17.3 Å². The molecule has 0 N–H and O–H groups in total. The van der Waals surface area contributed by atoms with Crippen molar-refractivity contribution in [1.29, 1.82) is 0 Å². The molecular formula is C34H34N4O. The number of hydrogen-bond donors (Lipinski definition) is 0. The third kappa shape index (κ3) is 4.46. The summed E-state index contributed by atoms with van der Waals surface area (Å²) >= 11 is 0. The Kier molecular flexibility index (Phi) is 5.69. The molecule has 5 nitrogen and oxygen atoms in total. The van der Waals surface area contributed by atoms with Crippen molar-refractivity contribution < 1.29 is 9.31 Å². The van der Waals surface area contributed by atoms with Gasteiger partial charge in [-0.15, -0.1) is 0 Å². The second-order valence-corrected chi connectivity index (χ2v) is 11.9. The van der Waals surface area contributed by atoms with Crippen molar-refractivity contribution in [3.63, 3.8) is 0 Å². The minimum atomic E-state index is 0.0363. The lowest BCUT2D eigenvalue weighted by molar-refractivity contribution is -0.459. The summed E-state index contributed by atoms with van der Waals surface area (Å²) in [5.41, 5.74) is 4.65. The second-order valence-electron chi connectivity index (χ2n) is 11.9. The Morgan fingerprint density at radius 3 is 2.62 bits per heavy atom. The zero-order valence-corrected chi connectivity index (χ0v) is 22.9. The first-order chi connectivity index (χ1) is 18.9. The van der Waals surface area contributed by atoms with Gasteiger partial charge >= 0.3 is 0 Å². The van der Waals surface area contributed by atoms with Crippen LogP contribution in [0.5, 0.6) is 11.5 Å². The standard InChI is InChI=1S/C34H34N4O/c1-34(2,3)25-15-16-35-33(18-25)38-31-12-5-4-11-29(31)30-14-13-28(20-32(30)38)39-27-10-6-9-26(19-27)37-22-24-8-7-17-36(21-24)23-37/h4-6,9-16,18-20,24H,7-8,17,21-22H2,1-3H3. The van der Waals surface area contributed by atoms with E-state index in [1.807, 2.05) is 12.3 Å². The molecule has 2 bridgehead atoms. The molecule has 39 heavy (non-hydrogen) atoms. The van der Waals surface area contributed by atoms with Crippen LogP contribution in [0.25, 0.3) is 27.6 Å². The average molecular weight is 515 g/mol. The molecule has 0 spiro atoms. The Balaban J connectivity index is 1.28. The van der Waals surface area contributed by atoms with Crippen LogP contribution in [0.2, 0.25) is 0 Å². The predicted molar refractivity (Wildman–Crippen MR) is 158 cm³/mol. The highest BCUT2D eigenvalue weighted by Crippen LogP contribution is 2.36. The Bertz CT molecular complexity index is 1720. The Labute approximate surface area is 230 Å². The molecule has 5 heteroatoms. The van der Waals surface area contributed by atoms with Gasteiger partial charge in [0, 0.05) is 29.0 Å². The van der Waals surface area contributed by atoms with Crippen LogP contribution in [-0.2, 0) is 5.41 Å². The van der Waals surface area contributed by atoms with Gasteiger partial charge in [-0.2, -0.15) is 0 Å². The zero-order chi connectivity index (χ0) is 26.6. The third-order valence-electron chi connectivity index (χ3n) is 8.07. The molecule has 1 unspecified atom stereocenters. The van der Waals surface area contributed by atoms with Crippen molar-refractivity contribution in [2.75, 3.05) is 19.6 Å². The first-order valence-electron chi connectivity index (χ1n) is 14.0. The fraction of sp³-hybridized carbons (Fsp3) is 0.294. The summed E-state index contributed by atoms with van der Waals surface area (Å²) in [6, 6.07) is 27.6. The van der Waals surface area contributed by atoms with Gasteiger partial charge in [0.2, 0.25) is 0 Å². The molecule has 5 aromatic rings. The average Bonchev–Trinajstić information content (AvgIpc) is 3.26. The van der Waals surface area contributed by atoms with E-state index in [0.717, 1.165) is 53.7 Å². The fourth-order valence-corrected chi connectivity index (χ4v) is 6.06. The van der Waals surface area contributed by atoms with Crippen molar-refractivity contribution in [1.82, 2.24) is 14.5 Å². The summed E-state index contributed by atoms with van der Waals surface area (Å²) in [5.74, 6) is 3.27. The van der Waals surface area contributed by atoms with Crippen molar-refractivity contribution >= 4 is 33.8 Å². The lowest BCUT2D eigenvalue weighted by Gasteiger charge is -2.37. The topological polar surface area (TPSA) is 33.3 Å². The van der Waals surface area contributed by atoms with Crippen LogP contribution in [0, 0.1) is 5.92 Å². The molecule has 1 fully saturated rings. The van der Waals surface area contributed by atoms with Gasteiger partial charge < -0.3 is 14.2 Å². The summed E-state index contributed by atoms with van der Waals surface area (Å²) in [5, 5.41) is 2.40. The predicted octanol–water partition coefficient (Wildman–Crippen LogP) is 7.54. The number of aromatic nitrogens is 2. The molecule has 196 valence electrons. The Hall–Kier alpha value is -4.12. The van der Waals surface area contributed by atoms with E-state index >= 15 is 0 Å². The molecule has 0 saturated carbocycles. The summed E-state index contributed by atoms with van der Waals surface area (Å²) in [4.78, 5) is 7.14. The van der Waals surface area contributed by atoms with Crippen LogP contribution >= 0.6 is 0 Å². The second kappa shape index (κ2) is 9.26. The number of piperidine rings is 1. The van der Waals surface area contributed by atoms with E-state index < -0.39 is 0 Å². The lowest BCUT2D eigenvalue weighted by Crippen LogP contribution is -2.44. The molecule has 1 atom stereocenters. The SMILES string of the molecule is CC(C)(C)c1ccnc(-n2c3ccccc3c3ccc(Oc4cccc([N+]5=[C-]N6CCCC(C6)C5)c4)cc32)c1. The van der Waals surface area contributed by atoms with Gasteiger partial charge in [-0.25, -0.2) is 4.98 Å². The molecule has 2 aliphatic heterocycles. The van der Waals surface area contributed by atoms with Crippen molar-refractivity contribution in [2.45, 2.75) is 39.0 Å². The van der Waals surface area contributed by atoms with Crippen molar-refractivity contribution in [3.05, 3.63) is 90.6 Å². The van der Waals surface area contributed by atoms with Crippen molar-refractivity contribution in [2.24, 2.45) is 5.92 Å². The molecular weight excluding hydrogens is 480 g/mol. The van der Waals surface area contributed by atoms with Gasteiger partial charge in [-0.3, -0.25) is 4.57 Å². The van der Waals surface area contributed by atoms with E-state index in [1.54, 1.807) is 0 Å². The molecule has 0 radical (unpaired) electrons. The highest BCUT2D eigenvalue weighted by atomic mass is 16.5. The van der Waals surface area contributed by atoms with Crippen LogP contribution in [-0.4, -0.2) is 45.0 Å². The first kappa shape index (κ1) is 24.0. The molecule has 3 aromatic carbocycles. The Morgan fingerprint density at radius 1 is 0.897 bits per heavy atom. The summed E-state index contributed by atoms with van der Waals surface area (Å²) in [6.07, 6.45) is 8.06. The Morgan fingerprint density at radius 2 is 1.74 bits per heavy atom. The smallest absolute Gasteiger partial charge is 0.137 e. The third-order valence-corrected chi connectivity index (χ3v) is 8.07. The van der Waals surface area contributed by atoms with E-state index in [-0.39, 0.29) is 5.41 Å². The van der Waals surface area contributed by atoms with Gasteiger partial charge in [-0.05, 0) is 65.9 Å². The van der Waals surface area contributed by atoms with Gasteiger partial charge in [0.25, 0.3) is 0 Å². The lowest BCUT2D eigenvalue weighted by atomic mass is 9.88. The molecule has 0 amide bonds. The van der Waals surface area contributed by atoms with Crippen LogP contribution < -0.4 is 4.74 Å². The minimum absolute atomic E-state index is 0.0363. The largest absolute Gasteiger partial charge is 0.459 e. The number of nitrogens with zero attached hydrogens (tertiary/aromatic N) is 4. The monoisotopic (exact) mass is 514 g/mol. The van der Waals surface area contributed by atoms with Crippen LogP contribution in [0.4, 0.5) is 5.69 Å². The molecule has 4 heterocycles. The van der Waals surface area contributed by atoms with Gasteiger partial charge in [0.15, 0.2) is 0 Å². The van der Waals surface area contributed by atoms with E-state index in [9.17, 15) is 0 Å². The molecule has 0 aliphatic carbocycles. The quantitative estimate of drug-likeness (QED) is 0.183. The number of para-hydroxylation sites is 1. The van der Waals surface area contributed by atoms with Gasteiger partial charge in [0.05, 0.1) is 30.7 Å². The maximum atomic E-state index is 6.48. The van der Waals surface area contributed by atoms with E-state index in [2.05, 4.69) is 114 Å². The van der Waals surface area contributed by atoms with E-state index in [1.165, 1.54) is 29.2 Å². The maximum absolute atomic E-state index is 6.48. The van der Waals surface area contributed by atoms with Crippen LogP contribution in [0.15, 0.2) is 85.1 Å². The fourth-order valence-electron chi connectivity index (χ4n) is 6.06. The highest BCUT2D eigenvalue weighted by Gasteiger charge is 2.26. The summed E-state index contributed by atoms with van der Waals surface area (Å²) < 4.78 is 11.0. The number of fused-ring (bicyclic) bond motifs is 5. The number of rotatable bonds is 4. The number of pyridine rings is 1. The maximum Gasteiger partial charge on any atom is 0.137 e. The first-order valence-corrected chi connectivity index (χ1v) is 14.0. The van der Waals surface area contributed by atoms with Gasteiger partial charge in [-0.1, -0.05) is 57.2 Å².